The molecule has 0 fully saturated rings. The molecule has 0 aliphatic rings. The van der Waals surface area contributed by atoms with Gasteiger partial charge in [0.2, 0.25) is 0 Å². The smallest absolute Gasteiger partial charge is 0.422 e. The van der Waals surface area contributed by atoms with Crippen LogP contribution in [0.3, 0.4) is 0 Å². The van der Waals surface area contributed by atoms with Gasteiger partial charge in [0.05, 0.1) is 5.59 Å². The van der Waals surface area contributed by atoms with Gasteiger partial charge in [0, 0.05) is 13.2 Å². The first kappa shape index (κ1) is 7.30. The van der Waals surface area contributed by atoms with E-state index in [-0.39, 0.29) is 0 Å². The first-order chi connectivity index (χ1) is 4.61. The van der Waals surface area contributed by atoms with Crippen LogP contribution >= 0.6 is 0 Å². The average Bonchev–Trinajstić information content (AvgIpc) is 2.10. The molecule has 54 valence electrons. The third-order valence-electron chi connectivity index (χ3n) is 1.29. The first-order valence-corrected chi connectivity index (χ1v) is 2.97. The highest BCUT2D eigenvalue weighted by Gasteiger charge is 2.17. The van der Waals surface area contributed by atoms with Crippen LogP contribution in [-0.4, -0.2) is 26.9 Å². The van der Waals surface area contributed by atoms with Crippen LogP contribution in [-0.2, 0) is 7.05 Å². The molecule has 1 aromatic heterocycles. The highest BCUT2D eigenvalue weighted by atomic mass is 16.4. The van der Waals surface area contributed by atoms with E-state index in [0.29, 0.717) is 5.59 Å². The molecule has 0 amide bonds. The number of aromatic nitrogens is 2. The molecule has 2 N–H and O–H groups in total. The van der Waals surface area contributed by atoms with Crippen LogP contribution in [0.15, 0.2) is 6.20 Å². The van der Waals surface area contributed by atoms with Gasteiger partial charge in [-0.05, 0) is 12.5 Å². The molecule has 0 saturated heterocycles. The minimum atomic E-state index is -1.46. The molecule has 0 aromatic carbocycles. The van der Waals surface area contributed by atoms with Crippen molar-refractivity contribution in [1.82, 2.24) is 9.78 Å². The second kappa shape index (κ2) is 2.44. The van der Waals surface area contributed by atoms with E-state index in [0.717, 1.165) is 5.56 Å². The van der Waals surface area contributed by atoms with Crippen molar-refractivity contribution in [3.63, 3.8) is 0 Å². The summed E-state index contributed by atoms with van der Waals surface area (Å²) >= 11 is 0. The Balaban J connectivity index is 3.03. The molecular formula is C5H9BN2O2. The molecule has 0 aliphatic heterocycles. The standard InChI is InChI=1S/C5H9BN2O2/c1-4-3-8(2)7-5(4)6(9)10/h3,9-10H,1-2H3. The van der Waals surface area contributed by atoms with E-state index < -0.39 is 7.12 Å². The van der Waals surface area contributed by atoms with Crippen LogP contribution < -0.4 is 5.59 Å². The highest BCUT2D eigenvalue weighted by molar-refractivity contribution is 6.58. The molecule has 0 aliphatic carbocycles. The molecular weight excluding hydrogens is 131 g/mol. The third kappa shape index (κ3) is 1.20. The first-order valence-electron chi connectivity index (χ1n) is 2.97. The van der Waals surface area contributed by atoms with E-state index in [1.807, 2.05) is 0 Å². The Kier molecular flexibility index (Phi) is 1.78. The topological polar surface area (TPSA) is 58.3 Å². The fourth-order valence-corrected chi connectivity index (χ4v) is 0.879. The molecule has 1 heterocycles. The van der Waals surface area contributed by atoms with E-state index in [1.165, 1.54) is 0 Å². The van der Waals surface area contributed by atoms with Gasteiger partial charge < -0.3 is 10.0 Å². The maximum Gasteiger partial charge on any atom is 0.510 e. The molecule has 4 nitrogen and oxygen atoms in total. The fourth-order valence-electron chi connectivity index (χ4n) is 0.879. The summed E-state index contributed by atoms with van der Waals surface area (Å²) in [6.45, 7) is 1.78. The van der Waals surface area contributed by atoms with Crippen molar-refractivity contribution in [2.45, 2.75) is 6.92 Å². The normalized spacial score (nSPS) is 10.0. The number of nitrogens with zero attached hydrogens (tertiary/aromatic N) is 2. The molecule has 0 saturated carbocycles. The van der Waals surface area contributed by atoms with Crippen molar-refractivity contribution < 1.29 is 10.0 Å². The zero-order valence-corrected chi connectivity index (χ0v) is 5.94. The number of rotatable bonds is 1. The van der Waals surface area contributed by atoms with Gasteiger partial charge in [0.1, 0.15) is 0 Å². The summed E-state index contributed by atoms with van der Waals surface area (Å²) in [4.78, 5) is 0. The number of aryl methyl sites for hydroxylation is 2. The van der Waals surface area contributed by atoms with E-state index in [4.69, 9.17) is 10.0 Å². The van der Waals surface area contributed by atoms with Gasteiger partial charge in [-0.25, -0.2) is 0 Å². The lowest BCUT2D eigenvalue weighted by molar-refractivity contribution is 0.423. The summed E-state index contributed by atoms with van der Waals surface area (Å²) in [5, 5.41) is 21.2. The van der Waals surface area contributed by atoms with Gasteiger partial charge in [-0.3, -0.25) is 4.68 Å². The molecule has 0 bridgehead atoms. The average molecular weight is 140 g/mol. The summed E-state index contributed by atoms with van der Waals surface area (Å²) in [6, 6.07) is 0. The monoisotopic (exact) mass is 140 g/mol. The second-order valence-electron chi connectivity index (χ2n) is 2.24. The minimum absolute atomic E-state index is 0.322. The molecule has 5 heteroatoms. The fraction of sp³-hybridized carbons (Fsp3) is 0.400. The van der Waals surface area contributed by atoms with Gasteiger partial charge in [-0.1, -0.05) is 0 Å². The van der Waals surface area contributed by atoms with Crippen LogP contribution in [0.5, 0.6) is 0 Å². The summed E-state index contributed by atoms with van der Waals surface area (Å²) in [5.74, 6) is 0. The molecule has 0 radical (unpaired) electrons. The van der Waals surface area contributed by atoms with E-state index in [1.54, 1.807) is 24.9 Å². The van der Waals surface area contributed by atoms with Crippen LogP contribution in [0.1, 0.15) is 5.56 Å². The van der Waals surface area contributed by atoms with Crippen LogP contribution in [0.2, 0.25) is 0 Å². The van der Waals surface area contributed by atoms with E-state index in [9.17, 15) is 0 Å². The van der Waals surface area contributed by atoms with Gasteiger partial charge in [-0.2, -0.15) is 5.10 Å². The summed E-state index contributed by atoms with van der Waals surface area (Å²) in [7, 11) is 0.278. The third-order valence-corrected chi connectivity index (χ3v) is 1.29. The Morgan fingerprint density at radius 2 is 2.20 bits per heavy atom. The zero-order valence-electron chi connectivity index (χ0n) is 5.94. The van der Waals surface area contributed by atoms with Crippen LogP contribution in [0.25, 0.3) is 0 Å². The second-order valence-corrected chi connectivity index (χ2v) is 2.24. The van der Waals surface area contributed by atoms with Crippen molar-refractivity contribution in [3.8, 4) is 0 Å². The van der Waals surface area contributed by atoms with Crippen LogP contribution in [0, 0.1) is 6.92 Å². The molecule has 10 heavy (non-hydrogen) atoms. The lowest BCUT2D eigenvalue weighted by Crippen LogP contribution is -2.33. The predicted molar refractivity (Wildman–Crippen MR) is 37.8 cm³/mol. The lowest BCUT2D eigenvalue weighted by Gasteiger charge is -1.91. The number of hydrogen-bond acceptors (Lipinski definition) is 3. The quantitative estimate of drug-likeness (QED) is 0.462. The van der Waals surface area contributed by atoms with Crippen molar-refractivity contribution in [1.29, 1.82) is 0 Å². The SMILES string of the molecule is Cc1cn(C)nc1B(O)O. The highest BCUT2D eigenvalue weighted by Crippen LogP contribution is 1.89. The van der Waals surface area contributed by atoms with Crippen molar-refractivity contribution in [3.05, 3.63) is 11.8 Å². The van der Waals surface area contributed by atoms with E-state index in [2.05, 4.69) is 5.10 Å². The van der Waals surface area contributed by atoms with Gasteiger partial charge in [0.25, 0.3) is 0 Å². The number of hydrogen-bond donors (Lipinski definition) is 2. The van der Waals surface area contributed by atoms with Crippen molar-refractivity contribution >= 4 is 12.7 Å². The van der Waals surface area contributed by atoms with Crippen LogP contribution in [0.4, 0.5) is 0 Å². The van der Waals surface area contributed by atoms with Gasteiger partial charge >= 0.3 is 7.12 Å². The lowest BCUT2D eigenvalue weighted by atomic mass is 9.84. The minimum Gasteiger partial charge on any atom is -0.422 e. The zero-order chi connectivity index (χ0) is 7.72. The maximum absolute atomic E-state index is 8.70. The Hall–Kier alpha value is -0.805. The largest absolute Gasteiger partial charge is 0.510 e. The molecule has 0 atom stereocenters. The predicted octanol–water partition coefficient (Wildman–Crippen LogP) is -1.59. The Labute approximate surface area is 59.2 Å². The summed E-state index contributed by atoms with van der Waals surface area (Å²) < 4.78 is 1.55. The summed E-state index contributed by atoms with van der Waals surface area (Å²) in [5.41, 5.74) is 1.11. The molecule has 0 unspecified atom stereocenters. The molecule has 1 aromatic rings. The molecule has 1 rings (SSSR count). The van der Waals surface area contributed by atoms with E-state index >= 15 is 0 Å². The Morgan fingerprint density at radius 1 is 1.60 bits per heavy atom. The Morgan fingerprint density at radius 3 is 2.40 bits per heavy atom. The van der Waals surface area contributed by atoms with Gasteiger partial charge in [0.15, 0.2) is 0 Å². The Bertz CT molecular complexity index is 234. The van der Waals surface area contributed by atoms with Crippen molar-refractivity contribution in [2.75, 3.05) is 0 Å². The van der Waals surface area contributed by atoms with Crippen molar-refractivity contribution in [2.24, 2.45) is 7.05 Å². The summed E-state index contributed by atoms with van der Waals surface area (Å²) in [6.07, 6.45) is 1.73. The maximum atomic E-state index is 8.70. The van der Waals surface area contributed by atoms with Gasteiger partial charge in [-0.15, -0.1) is 0 Å². The molecule has 0 spiro atoms.